The van der Waals surface area contributed by atoms with Gasteiger partial charge in [0.05, 0.1) is 0 Å². The van der Waals surface area contributed by atoms with Crippen molar-refractivity contribution in [2.75, 3.05) is 13.2 Å². The van der Waals surface area contributed by atoms with E-state index in [2.05, 4.69) is 5.32 Å². The molecule has 6 heteroatoms. The van der Waals surface area contributed by atoms with Crippen LogP contribution in [0.1, 0.15) is 26.3 Å². The van der Waals surface area contributed by atoms with Crippen LogP contribution in [0.25, 0.3) is 10.8 Å². The van der Waals surface area contributed by atoms with E-state index in [-0.39, 0.29) is 25.0 Å². The van der Waals surface area contributed by atoms with Crippen LogP contribution in [0, 0.1) is 5.92 Å². The third kappa shape index (κ3) is 6.24. The topological polar surface area (TPSA) is 58.6 Å². The average Bonchev–Trinajstić information content (AvgIpc) is 2.80. The molecule has 0 bridgehead atoms. The van der Waals surface area contributed by atoms with Crippen LogP contribution in [0.4, 0.5) is 0 Å². The van der Waals surface area contributed by atoms with Crippen molar-refractivity contribution >= 4 is 34.2 Å². The van der Waals surface area contributed by atoms with E-state index in [9.17, 15) is 9.59 Å². The SMILES string of the molecule is CC(C)CNC(=O)C(C)N(Cc1ccc(Cl)cc1)C(=O)COc1cccc2ccccc12. The maximum absolute atomic E-state index is 13.2. The molecular weight excluding hydrogens is 424 g/mol. The van der Waals surface area contributed by atoms with Crippen molar-refractivity contribution in [3.63, 3.8) is 0 Å². The van der Waals surface area contributed by atoms with Crippen LogP contribution in [-0.4, -0.2) is 35.9 Å². The predicted octanol–water partition coefficient (Wildman–Crippen LogP) is 5.06. The smallest absolute Gasteiger partial charge is 0.261 e. The first-order valence-corrected chi connectivity index (χ1v) is 11.1. The fourth-order valence-electron chi connectivity index (χ4n) is 3.37. The highest BCUT2D eigenvalue weighted by Gasteiger charge is 2.26. The molecule has 1 unspecified atom stereocenters. The summed E-state index contributed by atoms with van der Waals surface area (Å²) in [5.41, 5.74) is 0.886. The molecule has 3 aromatic rings. The number of nitrogens with zero attached hydrogens (tertiary/aromatic N) is 1. The van der Waals surface area contributed by atoms with Crippen LogP contribution in [0.3, 0.4) is 0 Å². The maximum atomic E-state index is 13.2. The van der Waals surface area contributed by atoms with Crippen LogP contribution in [0.15, 0.2) is 66.7 Å². The van der Waals surface area contributed by atoms with E-state index in [1.54, 1.807) is 24.0 Å². The van der Waals surface area contributed by atoms with Gasteiger partial charge < -0.3 is 15.0 Å². The van der Waals surface area contributed by atoms with Crippen LogP contribution < -0.4 is 10.1 Å². The molecule has 0 spiro atoms. The highest BCUT2D eigenvalue weighted by Crippen LogP contribution is 2.25. The van der Waals surface area contributed by atoms with Crippen molar-refractivity contribution in [3.8, 4) is 5.75 Å². The first-order chi connectivity index (χ1) is 15.3. The molecule has 0 saturated carbocycles. The second-order valence-electron chi connectivity index (χ2n) is 8.23. The molecule has 3 aromatic carbocycles. The maximum Gasteiger partial charge on any atom is 0.261 e. The summed E-state index contributed by atoms with van der Waals surface area (Å²) in [5, 5.41) is 5.51. The Morgan fingerprint density at radius 3 is 2.38 bits per heavy atom. The molecule has 0 fully saturated rings. The summed E-state index contributed by atoms with van der Waals surface area (Å²) >= 11 is 6.00. The van der Waals surface area contributed by atoms with Gasteiger partial charge in [0.1, 0.15) is 11.8 Å². The molecule has 0 aliphatic carbocycles. The molecule has 168 valence electrons. The minimum Gasteiger partial charge on any atom is -0.483 e. The van der Waals surface area contributed by atoms with Gasteiger partial charge in [0.2, 0.25) is 5.91 Å². The minimum absolute atomic E-state index is 0.163. The van der Waals surface area contributed by atoms with E-state index < -0.39 is 6.04 Å². The molecule has 0 aliphatic heterocycles. The molecule has 2 amide bonds. The fraction of sp³-hybridized carbons (Fsp3) is 0.308. The van der Waals surface area contributed by atoms with Crippen molar-refractivity contribution in [3.05, 3.63) is 77.3 Å². The van der Waals surface area contributed by atoms with Crippen molar-refractivity contribution in [1.82, 2.24) is 10.2 Å². The summed E-state index contributed by atoms with van der Waals surface area (Å²) in [6.45, 7) is 6.47. The number of hydrogen-bond acceptors (Lipinski definition) is 3. The highest BCUT2D eigenvalue weighted by atomic mass is 35.5. The Hall–Kier alpha value is -3.05. The summed E-state index contributed by atoms with van der Waals surface area (Å²) in [4.78, 5) is 27.5. The molecular formula is C26H29ClN2O3. The second-order valence-corrected chi connectivity index (χ2v) is 8.67. The van der Waals surface area contributed by atoms with E-state index in [4.69, 9.17) is 16.3 Å². The van der Waals surface area contributed by atoms with Crippen molar-refractivity contribution in [1.29, 1.82) is 0 Å². The molecule has 1 atom stereocenters. The monoisotopic (exact) mass is 452 g/mol. The van der Waals surface area contributed by atoms with Gasteiger partial charge in [-0.05, 0) is 42.0 Å². The lowest BCUT2D eigenvalue weighted by Crippen LogP contribution is -2.49. The third-order valence-electron chi connectivity index (χ3n) is 5.22. The zero-order valence-electron chi connectivity index (χ0n) is 18.7. The molecule has 1 N–H and O–H groups in total. The fourth-order valence-corrected chi connectivity index (χ4v) is 3.49. The van der Waals surface area contributed by atoms with Crippen LogP contribution >= 0.6 is 11.6 Å². The van der Waals surface area contributed by atoms with Gasteiger partial charge in [-0.15, -0.1) is 0 Å². The number of carbonyl (C=O) groups is 2. The minimum atomic E-state index is -0.645. The number of amides is 2. The molecule has 0 heterocycles. The van der Waals surface area contributed by atoms with Gasteiger partial charge >= 0.3 is 0 Å². The Morgan fingerprint density at radius 2 is 1.66 bits per heavy atom. The molecule has 0 radical (unpaired) electrons. The van der Waals surface area contributed by atoms with E-state index >= 15 is 0 Å². The zero-order valence-corrected chi connectivity index (χ0v) is 19.4. The zero-order chi connectivity index (χ0) is 23.1. The van der Waals surface area contributed by atoms with Gasteiger partial charge in [0.15, 0.2) is 6.61 Å². The molecule has 0 saturated heterocycles. The van der Waals surface area contributed by atoms with E-state index in [0.29, 0.717) is 23.2 Å². The average molecular weight is 453 g/mol. The normalized spacial score (nSPS) is 11.9. The number of ether oxygens (including phenoxy) is 1. The molecule has 3 rings (SSSR count). The van der Waals surface area contributed by atoms with Gasteiger partial charge in [0.25, 0.3) is 5.91 Å². The van der Waals surface area contributed by atoms with Crippen molar-refractivity contribution in [2.24, 2.45) is 5.92 Å². The van der Waals surface area contributed by atoms with Gasteiger partial charge in [-0.3, -0.25) is 9.59 Å². The van der Waals surface area contributed by atoms with E-state index in [0.717, 1.165) is 16.3 Å². The Kier molecular flexibility index (Phi) is 8.12. The van der Waals surface area contributed by atoms with Crippen LogP contribution in [0.2, 0.25) is 5.02 Å². The number of nitrogens with one attached hydrogen (secondary N) is 1. The number of hydrogen-bond donors (Lipinski definition) is 1. The van der Waals surface area contributed by atoms with Crippen LogP contribution in [-0.2, 0) is 16.1 Å². The summed E-state index contributed by atoms with van der Waals surface area (Å²) in [6.07, 6.45) is 0. The Labute approximate surface area is 194 Å². The number of carbonyl (C=O) groups excluding carboxylic acids is 2. The summed E-state index contributed by atoms with van der Waals surface area (Å²) in [5.74, 6) is 0.507. The van der Waals surface area contributed by atoms with Gasteiger partial charge in [-0.1, -0.05) is 74.0 Å². The lowest BCUT2D eigenvalue weighted by molar-refractivity contribution is -0.142. The number of rotatable bonds is 9. The summed E-state index contributed by atoms with van der Waals surface area (Å²) < 4.78 is 5.90. The van der Waals surface area contributed by atoms with Crippen LogP contribution in [0.5, 0.6) is 5.75 Å². The van der Waals surface area contributed by atoms with Crippen molar-refractivity contribution < 1.29 is 14.3 Å². The van der Waals surface area contributed by atoms with E-state index in [1.807, 2.05) is 68.4 Å². The Morgan fingerprint density at radius 1 is 0.969 bits per heavy atom. The molecule has 32 heavy (non-hydrogen) atoms. The highest BCUT2D eigenvalue weighted by molar-refractivity contribution is 6.30. The lowest BCUT2D eigenvalue weighted by Gasteiger charge is -2.29. The molecule has 0 aromatic heterocycles. The first-order valence-electron chi connectivity index (χ1n) is 10.8. The lowest BCUT2D eigenvalue weighted by atomic mass is 10.1. The van der Waals surface area contributed by atoms with E-state index in [1.165, 1.54) is 0 Å². The summed E-state index contributed by atoms with van der Waals surface area (Å²) in [7, 11) is 0. The number of fused-ring (bicyclic) bond motifs is 1. The first kappa shape index (κ1) is 23.6. The molecule has 0 aliphatic rings. The number of halogens is 1. The second kappa shape index (κ2) is 11.0. The predicted molar refractivity (Wildman–Crippen MR) is 129 cm³/mol. The third-order valence-corrected chi connectivity index (χ3v) is 5.47. The molecule has 5 nitrogen and oxygen atoms in total. The summed E-state index contributed by atoms with van der Waals surface area (Å²) in [6, 6.07) is 20.2. The largest absolute Gasteiger partial charge is 0.483 e. The quantitative estimate of drug-likeness (QED) is 0.493. The van der Waals surface area contributed by atoms with Gasteiger partial charge in [-0.2, -0.15) is 0 Å². The van der Waals surface area contributed by atoms with Crippen molar-refractivity contribution in [2.45, 2.75) is 33.4 Å². The van der Waals surface area contributed by atoms with Gasteiger partial charge in [0, 0.05) is 23.5 Å². The van der Waals surface area contributed by atoms with Gasteiger partial charge in [-0.25, -0.2) is 0 Å². The Balaban J connectivity index is 1.76. The number of benzene rings is 3. The Bertz CT molecular complexity index is 1060. The standard InChI is InChI=1S/C26H29ClN2O3/c1-18(2)15-28-26(31)19(3)29(16-20-11-13-22(27)14-12-20)25(30)17-32-24-10-6-8-21-7-4-5-9-23(21)24/h4-14,18-19H,15-17H2,1-3H3,(H,28,31).